The zero-order chi connectivity index (χ0) is 16.5. The number of amides is 1. The minimum Gasteiger partial charge on any atom is -0.353 e. The molecule has 4 heterocycles. The van der Waals surface area contributed by atoms with Crippen LogP contribution in [-0.2, 0) is 0 Å². The van der Waals surface area contributed by atoms with Crippen LogP contribution in [0.2, 0.25) is 0 Å². The van der Waals surface area contributed by atoms with E-state index in [1.54, 1.807) is 16.8 Å². The number of aromatic nitrogens is 4. The number of nitrogens with zero attached hydrogens (tertiary/aromatic N) is 6. The Bertz CT molecular complexity index is 848. The fourth-order valence-electron chi connectivity index (χ4n) is 3.02. The first-order valence-electron chi connectivity index (χ1n) is 7.98. The van der Waals surface area contributed by atoms with E-state index in [0.29, 0.717) is 24.6 Å². The monoisotopic (exact) mass is 322 g/mol. The van der Waals surface area contributed by atoms with Gasteiger partial charge in [0.25, 0.3) is 5.91 Å². The molecule has 122 valence electrons. The molecule has 1 amide bonds. The first kappa shape index (κ1) is 14.6. The van der Waals surface area contributed by atoms with Crippen molar-refractivity contribution in [1.82, 2.24) is 24.3 Å². The van der Waals surface area contributed by atoms with E-state index in [0.717, 1.165) is 24.5 Å². The highest BCUT2D eigenvalue weighted by atomic mass is 16.2. The molecule has 1 fully saturated rings. The summed E-state index contributed by atoms with van der Waals surface area (Å²) in [6.45, 7) is 4.93. The Morgan fingerprint density at radius 2 is 1.88 bits per heavy atom. The van der Waals surface area contributed by atoms with Gasteiger partial charge in [-0.15, -0.1) is 0 Å². The summed E-state index contributed by atoms with van der Waals surface area (Å²) >= 11 is 0. The van der Waals surface area contributed by atoms with E-state index in [1.807, 2.05) is 29.4 Å². The Labute approximate surface area is 139 Å². The number of imidazole rings is 1. The molecule has 1 aliphatic heterocycles. The highest BCUT2D eigenvalue weighted by Crippen LogP contribution is 2.18. The minimum atomic E-state index is -0.0436. The van der Waals surface area contributed by atoms with Crippen LogP contribution >= 0.6 is 0 Å². The van der Waals surface area contributed by atoms with Crippen LogP contribution in [-0.4, -0.2) is 56.3 Å². The van der Waals surface area contributed by atoms with E-state index in [4.69, 9.17) is 0 Å². The van der Waals surface area contributed by atoms with Gasteiger partial charge in [-0.2, -0.15) is 0 Å². The summed E-state index contributed by atoms with van der Waals surface area (Å²) < 4.78 is 1.76. The highest BCUT2D eigenvalue weighted by Gasteiger charge is 2.25. The predicted molar refractivity (Wildman–Crippen MR) is 90.1 cm³/mol. The van der Waals surface area contributed by atoms with E-state index < -0.39 is 0 Å². The molecule has 24 heavy (non-hydrogen) atoms. The van der Waals surface area contributed by atoms with Crippen LogP contribution < -0.4 is 4.90 Å². The number of carbonyl (C=O) groups excluding carboxylic acids is 1. The van der Waals surface area contributed by atoms with Crippen molar-refractivity contribution in [2.45, 2.75) is 6.92 Å². The fourth-order valence-corrected chi connectivity index (χ4v) is 3.02. The maximum absolute atomic E-state index is 12.7. The Morgan fingerprint density at radius 3 is 2.62 bits per heavy atom. The molecule has 0 radical (unpaired) electrons. The van der Waals surface area contributed by atoms with E-state index in [9.17, 15) is 4.79 Å². The highest BCUT2D eigenvalue weighted by molar-refractivity contribution is 5.93. The molecule has 0 N–H and O–H groups in total. The molecule has 7 nitrogen and oxygen atoms in total. The lowest BCUT2D eigenvalue weighted by Gasteiger charge is -2.35. The number of pyridine rings is 1. The van der Waals surface area contributed by atoms with Crippen LogP contribution in [0, 0.1) is 6.92 Å². The van der Waals surface area contributed by atoms with Crippen molar-refractivity contribution in [3.63, 3.8) is 0 Å². The number of aryl methyl sites for hydroxylation is 1. The number of anilines is 1. The van der Waals surface area contributed by atoms with Crippen LogP contribution in [0.5, 0.6) is 0 Å². The molecule has 0 aliphatic carbocycles. The molecule has 1 aliphatic rings. The van der Waals surface area contributed by atoms with Gasteiger partial charge in [-0.3, -0.25) is 9.20 Å². The molecule has 3 aromatic rings. The minimum absolute atomic E-state index is 0.0436. The summed E-state index contributed by atoms with van der Waals surface area (Å²) in [6, 6.07) is 5.82. The maximum Gasteiger partial charge on any atom is 0.274 e. The van der Waals surface area contributed by atoms with Gasteiger partial charge in [0.2, 0.25) is 5.78 Å². The number of hydrogen-bond donors (Lipinski definition) is 0. The van der Waals surface area contributed by atoms with Crippen LogP contribution in [0.4, 0.5) is 5.82 Å². The molecule has 0 bridgehead atoms. The number of fused-ring (bicyclic) bond motifs is 1. The lowest BCUT2D eigenvalue weighted by Crippen LogP contribution is -2.49. The normalized spacial score (nSPS) is 15.0. The smallest absolute Gasteiger partial charge is 0.274 e. The number of rotatable bonds is 2. The fraction of sp³-hybridized carbons (Fsp3) is 0.294. The summed E-state index contributed by atoms with van der Waals surface area (Å²) in [5.74, 6) is 1.50. The number of hydrogen-bond acceptors (Lipinski definition) is 5. The second-order valence-electron chi connectivity index (χ2n) is 5.88. The average Bonchev–Trinajstić information content (AvgIpc) is 3.06. The topological polar surface area (TPSA) is 66.6 Å². The van der Waals surface area contributed by atoms with Crippen LogP contribution in [0.1, 0.15) is 16.1 Å². The first-order valence-corrected chi connectivity index (χ1v) is 7.98. The Morgan fingerprint density at radius 1 is 1.08 bits per heavy atom. The molecule has 3 aromatic heterocycles. The van der Waals surface area contributed by atoms with Gasteiger partial charge in [0.1, 0.15) is 11.5 Å². The summed E-state index contributed by atoms with van der Waals surface area (Å²) in [7, 11) is 0. The van der Waals surface area contributed by atoms with Crippen LogP contribution in [0.25, 0.3) is 5.78 Å². The quantitative estimate of drug-likeness (QED) is 0.713. The number of carbonyl (C=O) groups is 1. The van der Waals surface area contributed by atoms with Gasteiger partial charge in [0.05, 0.1) is 0 Å². The van der Waals surface area contributed by atoms with Gasteiger partial charge < -0.3 is 9.80 Å². The average molecular weight is 322 g/mol. The summed E-state index contributed by atoms with van der Waals surface area (Å²) in [5, 5.41) is 0. The van der Waals surface area contributed by atoms with Crippen molar-refractivity contribution >= 4 is 17.5 Å². The van der Waals surface area contributed by atoms with Gasteiger partial charge in [0, 0.05) is 51.0 Å². The lowest BCUT2D eigenvalue weighted by molar-refractivity contribution is 0.0741. The Balaban J connectivity index is 1.47. The van der Waals surface area contributed by atoms with Gasteiger partial charge in [0.15, 0.2) is 0 Å². The standard InChI is InChI=1S/C17H18N6O/c1-13-4-2-5-18-15(13)21-8-10-22(11-9-21)16(24)14-12-23-7-3-6-19-17(23)20-14/h2-7,12H,8-11H2,1H3. The Kier molecular flexibility index (Phi) is 3.60. The summed E-state index contributed by atoms with van der Waals surface area (Å²) in [5.41, 5.74) is 1.60. The SMILES string of the molecule is Cc1cccnc1N1CCN(C(=O)c2cn3cccnc3n2)CC1. The lowest BCUT2D eigenvalue weighted by atomic mass is 10.2. The third kappa shape index (κ3) is 2.58. The predicted octanol–water partition coefficient (Wildman–Crippen LogP) is 1.40. The van der Waals surface area contributed by atoms with Crippen molar-refractivity contribution in [3.8, 4) is 0 Å². The third-order valence-electron chi connectivity index (χ3n) is 4.30. The van der Waals surface area contributed by atoms with E-state index in [2.05, 4.69) is 32.8 Å². The van der Waals surface area contributed by atoms with Crippen molar-refractivity contribution in [1.29, 1.82) is 0 Å². The van der Waals surface area contributed by atoms with Gasteiger partial charge in [-0.1, -0.05) is 6.07 Å². The van der Waals surface area contributed by atoms with Crippen molar-refractivity contribution in [3.05, 3.63) is 54.2 Å². The maximum atomic E-state index is 12.7. The zero-order valence-electron chi connectivity index (χ0n) is 13.5. The van der Waals surface area contributed by atoms with Crippen molar-refractivity contribution in [2.24, 2.45) is 0 Å². The van der Waals surface area contributed by atoms with Crippen LogP contribution in [0.15, 0.2) is 43.0 Å². The molecular weight excluding hydrogens is 304 g/mol. The number of piperazine rings is 1. The molecule has 7 heteroatoms. The van der Waals surface area contributed by atoms with Crippen LogP contribution in [0.3, 0.4) is 0 Å². The van der Waals surface area contributed by atoms with Gasteiger partial charge in [-0.05, 0) is 24.6 Å². The van der Waals surface area contributed by atoms with Gasteiger partial charge in [-0.25, -0.2) is 15.0 Å². The van der Waals surface area contributed by atoms with Crippen molar-refractivity contribution < 1.29 is 4.79 Å². The Hall–Kier alpha value is -2.96. The summed E-state index contributed by atoms with van der Waals surface area (Å²) in [6.07, 6.45) is 7.06. The molecule has 0 saturated carbocycles. The van der Waals surface area contributed by atoms with E-state index in [1.165, 1.54) is 0 Å². The van der Waals surface area contributed by atoms with E-state index in [-0.39, 0.29) is 5.91 Å². The first-order chi connectivity index (χ1) is 11.7. The largest absolute Gasteiger partial charge is 0.353 e. The van der Waals surface area contributed by atoms with Gasteiger partial charge >= 0.3 is 0 Å². The zero-order valence-corrected chi connectivity index (χ0v) is 13.5. The molecule has 0 unspecified atom stereocenters. The molecule has 4 rings (SSSR count). The summed E-state index contributed by atoms with van der Waals surface area (Å²) in [4.78, 5) is 29.7. The third-order valence-corrected chi connectivity index (χ3v) is 4.30. The van der Waals surface area contributed by atoms with E-state index >= 15 is 0 Å². The molecule has 0 aromatic carbocycles. The second-order valence-corrected chi connectivity index (χ2v) is 5.88. The molecular formula is C17H18N6O. The molecule has 0 spiro atoms. The second kappa shape index (κ2) is 5.92. The molecule has 1 saturated heterocycles. The van der Waals surface area contributed by atoms with Crippen molar-refractivity contribution in [2.75, 3.05) is 31.1 Å². The molecule has 0 atom stereocenters.